The van der Waals surface area contributed by atoms with Crippen molar-refractivity contribution < 1.29 is 13.6 Å². The van der Waals surface area contributed by atoms with E-state index in [1.54, 1.807) is 13.0 Å². The Hall–Kier alpha value is -2.21. The van der Waals surface area contributed by atoms with Crippen LogP contribution in [0.4, 0.5) is 10.1 Å². The zero-order valence-corrected chi connectivity index (χ0v) is 11.0. The standard InChI is InChI=1S/C14H14FN3O2/c1-8-13(20-7-17-8)14(19)18-11-3-2-9-6-16-5-4-10(9)12(11)15/h2-3,7,16H,4-6H2,1H3,(H,18,19). The van der Waals surface area contributed by atoms with Crippen molar-refractivity contribution in [3.63, 3.8) is 0 Å². The van der Waals surface area contributed by atoms with Crippen molar-refractivity contribution in [2.24, 2.45) is 0 Å². The molecule has 2 N–H and O–H groups in total. The summed E-state index contributed by atoms with van der Waals surface area (Å²) in [5.41, 5.74) is 2.25. The van der Waals surface area contributed by atoms with Gasteiger partial charge in [-0.25, -0.2) is 9.37 Å². The predicted octanol–water partition coefficient (Wildman–Crippen LogP) is 2.02. The van der Waals surface area contributed by atoms with E-state index in [1.165, 1.54) is 6.39 Å². The zero-order valence-electron chi connectivity index (χ0n) is 11.0. The van der Waals surface area contributed by atoms with Crippen molar-refractivity contribution in [3.8, 4) is 0 Å². The Morgan fingerprint density at radius 3 is 3.10 bits per heavy atom. The number of hydrogen-bond acceptors (Lipinski definition) is 4. The SMILES string of the molecule is Cc1ncoc1C(=O)Nc1ccc2c(c1F)CCNC2. The van der Waals surface area contributed by atoms with Crippen LogP contribution in [0.15, 0.2) is 22.9 Å². The Kier molecular flexibility index (Phi) is 3.23. The zero-order chi connectivity index (χ0) is 14.1. The van der Waals surface area contributed by atoms with Crippen LogP contribution in [-0.2, 0) is 13.0 Å². The second-order valence-corrected chi connectivity index (χ2v) is 4.71. The Labute approximate surface area is 115 Å². The van der Waals surface area contributed by atoms with Gasteiger partial charge in [0.15, 0.2) is 6.39 Å². The van der Waals surface area contributed by atoms with Crippen molar-refractivity contribution in [1.29, 1.82) is 0 Å². The summed E-state index contributed by atoms with van der Waals surface area (Å²) in [5.74, 6) is -0.758. The van der Waals surface area contributed by atoms with Gasteiger partial charge in [0, 0.05) is 6.54 Å². The number of anilines is 1. The first-order chi connectivity index (χ1) is 9.66. The Morgan fingerprint density at radius 2 is 2.35 bits per heavy atom. The molecular weight excluding hydrogens is 261 g/mol. The first-order valence-electron chi connectivity index (χ1n) is 6.39. The van der Waals surface area contributed by atoms with E-state index >= 15 is 0 Å². The minimum Gasteiger partial charge on any atom is -0.438 e. The number of oxazole rings is 1. The molecule has 1 aromatic carbocycles. The lowest BCUT2D eigenvalue weighted by Crippen LogP contribution is -2.25. The van der Waals surface area contributed by atoms with Crippen LogP contribution in [0.5, 0.6) is 0 Å². The first-order valence-corrected chi connectivity index (χ1v) is 6.39. The van der Waals surface area contributed by atoms with E-state index in [0.29, 0.717) is 24.2 Å². The van der Waals surface area contributed by atoms with E-state index in [2.05, 4.69) is 15.6 Å². The molecule has 0 aliphatic carbocycles. The van der Waals surface area contributed by atoms with Crippen LogP contribution in [0.3, 0.4) is 0 Å². The van der Waals surface area contributed by atoms with Crippen molar-refractivity contribution in [3.05, 3.63) is 46.9 Å². The number of amides is 1. The fourth-order valence-electron chi connectivity index (χ4n) is 2.33. The summed E-state index contributed by atoms with van der Waals surface area (Å²) in [6.07, 6.45) is 1.81. The molecule has 0 saturated heterocycles. The normalized spacial score (nSPS) is 13.9. The minimum atomic E-state index is -0.493. The third-order valence-electron chi connectivity index (χ3n) is 3.41. The molecule has 104 valence electrons. The van der Waals surface area contributed by atoms with Crippen molar-refractivity contribution >= 4 is 11.6 Å². The van der Waals surface area contributed by atoms with E-state index in [1.807, 2.05) is 6.07 Å². The van der Waals surface area contributed by atoms with Gasteiger partial charge in [0.1, 0.15) is 5.82 Å². The highest BCUT2D eigenvalue weighted by Gasteiger charge is 2.20. The second-order valence-electron chi connectivity index (χ2n) is 4.71. The van der Waals surface area contributed by atoms with Gasteiger partial charge < -0.3 is 15.1 Å². The molecule has 2 aromatic rings. The molecular formula is C14H14FN3O2. The molecule has 3 rings (SSSR count). The average molecular weight is 275 g/mol. The summed E-state index contributed by atoms with van der Waals surface area (Å²) in [6.45, 7) is 3.05. The van der Waals surface area contributed by atoms with Crippen LogP contribution in [0.25, 0.3) is 0 Å². The third kappa shape index (κ3) is 2.18. The van der Waals surface area contributed by atoms with E-state index in [4.69, 9.17) is 4.42 Å². The summed E-state index contributed by atoms with van der Waals surface area (Å²) in [6, 6.07) is 3.40. The number of nitrogens with one attached hydrogen (secondary N) is 2. The molecule has 1 aliphatic heterocycles. The molecule has 5 nitrogen and oxygen atoms in total. The van der Waals surface area contributed by atoms with Crippen molar-refractivity contribution in [2.75, 3.05) is 11.9 Å². The molecule has 1 amide bonds. The summed E-state index contributed by atoms with van der Waals surface area (Å²) >= 11 is 0. The smallest absolute Gasteiger partial charge is 0.293 e. The number of hydrogen-bond donors (Lipinski definition) is 2. The lowest BCUT2D eigenvalue weighted by Gasteiger charge is -2.19. The Balaban J connectivity index is 1.88. The molecule has 20 heavy (non-hydrogen) atoms. The van der Waals surface area contributed by atoms with E-state index in [9.17, 15) is 9.18 Å². The minimum absolute atomic E-state index is 0.101. The quantitative estimate of drug-likeness (QED) is 0.880. The van der Waals surface area contributed by atoms with Gasteiger partial charge >= 0.3 is 0 Å². The fourth-order valence-corrected chi connectivity index (χ4v) is 2.33. The number of carbonyl (C=O) groups is 1. The summed E-state index contributed by atoms with van der Waals surface area (Å²) in [5, 5.41) is 5.72. The van der Waals surface area contributed by atoms with Gasteiger partial charge in [0.05, 0.1) is 11.4 Å². The number of aromatic nitrogens is 1. The van der Waals surface area contributed by atoms with Crippen LogP contribution >= 0.6 is 0 Å². The third-order valence-corrected chi connectivity index (χ3v) is 3.41. The van der Waals surface area contributed by atoms with Gasteiger partial charge in [-0.2, -0.15) is 0 Å². The van der Waals surface area contributed by atoms with Gasteiger partial charge in [0.2, 0.25) is 5.76 Å². The number of fused-ring (bicyclic) bond motifs is 1. The maximum absolute atomic E-state index is 14.4. The molecule has 0 atom stereocenters. The lowest BCUT2D eigenvalue weighted by molar-refractivity contribution is 0.0995. The molecule has 1 aliphatic rings. The monoisotopic (exact) mass is 275 g/mol. The first kappa shape index (κ1) is 12.8. The van der Waals surface area contributed by atoms with Crippen LogP contribution in [0, 0.1) is 12.7 Å². The Bertz CT molecular complexity index is 666. The van der Waals surface area contributed by atoms with Crippen LogP contribution < -0.4 is 10.6 Å². The number of halogens is 1. The average Bonchev–Trinajstić information content (AvgIpc) is 2.88. The maximum atomic E-state index is 14.4. The fraction of sp³-hybridized carbons (Fsp3) is 0.286. The van der Waals surface area contributed by atoms with Gasteiger partial charge in [-0.3, -0.25) is 4.79 Å². The molecule has 1 aromatic heterocycles. The summed E-state index contributed by atoms with van der Waals surface area (Å²) in [7, 11) is 0. The molecule has 0 bridgehead atoms. The van der Waals surface area contributed by atoms with Crippen LogP contribution in [0.1, 0.15) is 27.4 Å². The summed E-state index contributed by atoms with van der Waals surface area (Å²) < 4.78 is 19.4. The predicted molar refractivity (Wildman–Crippen MR) is 71.0 cm³/mol. The van der Waals surface area contributed by atoms with Crippen LogP contribution in [0.2, 0.25) is 0 Å². The topological polar surface area (TPSA) is 67.2 Å². The highest BCUT2D eigenvalue weighted by atomic mass is 19.1. The number of nitrogens with zero attached hydrogens (tertiary/aromatic N) is 1. The van der Waals surface area contributed by atoms with Crippen molar-refractivity contribution in [1.82, 2.24) is 10.3 Å². The number of rotatable bonds is 2. The molecule has 0 spiro atoms. The molecule has 6 heteroatoms. The van der Waals surface area contributed by atoms with Crippen molar-refractivity contribution in [2.45, 2.75) is 19.9 Å². The molecule has 0 unspecified atom stereocenters. The number of carbonyl (C=O) groups excluding carboxylic acids is 1. The summed E-state index contributed by atoms with van der Waals surface area (Å²) in [4.78, 5) is 15.8. The van der Waals surface area contributed by atoms with E-state index in [-0.39, 0.29) is 17.3 Å². The highest BCUT2D eigenvalue weighted by Crippen LogP contribution is 2.25. The molecule has 0 radical (unpaired) electrons. The van der Waals surface area contributed by atoms with E-state index < -0.39 is 5.91 Å². The highest BCUT2D eigenvalue weighted by molar-refractivity contribution is 6.03. The molecule has 2 heterocycles. The van der Waals surface area contributed by atoms with E-state index in [0.717, 1.165) is 12.1 Å². The molecule has 0 saturated carbocycles. The molecule has 0 fully saturated rings. The van der Waals surface area contributed by atoms with Gasteiger partial charge in [0.25, 0.3) is 5.91 Å². The maximum Gasteiger partial charge on any atom is 0.293 e. The largest absolute Gasteiger partial charge is 0.438 e. The second kappa shape index (κ2) is 5.05. The number of aryl methyl sites for hydroxylation is 1. The van der Waals surface area contributed by atoms with Gasteiger partial charge in [-0.15, -0.1) is 0 Å². The number of benzene rings is 1. The Morgan fingerprint density at radius 1 is 1.50 bits per heavy atom. The van der Waals surface area contributed by atoms with Gasteiger partial charge in [-0.05, 0) is 37.1 Å². The lowest BCUT2D eigenvalue weighted by atomic mass is 9.99. The van der Waals surface area contributed by atoms with Gasteiger partial charge in [-0.1, -0.05) is 6.07 Å². The van der Waals surface area contributed by atoms with Crippen LogP contribution in [-0.4, -0.2) is 17.4 Å².